The fourth-order valence-electron chi connectivity index (χ4n) is 0.776. The Morgan fingerprint density at radius 3 is 2.62 bits per heavy atom. The van der Waals surface area contributed by atoms with Crippen molar-refractivity contribution in [3.63, 3.8) is 0 Å². The maximum atomic E-state index is 11.2. The summed E-state index contributed by atoms with van der Waals surface area (Å²) >= 11 is 0.861. The quantitative estimate of drug-likeness (QED) is 0.673. The predicted octanol–water partition coefficient (Wildman–Crippen LogP) is -0.338. The molecule has 0 saturated carbocycles. The van der Waals surface area contributed by atoms with Crippen LogP contribution in [0.2, 0.25) is 0 Å². The summed E-state index contributed by atoms with van der Waals surface area (Å²) in [5, 5.41) is 8.51. The summed E-state index contributed by atoms with van der Waals surface area (Å²) in [7, 11) is 0. The molecule has 1 heterocycles. The van der Waals surface area contributed by atoms with E-state index in [-0.39, 0.29) is 0 Å². The van der Waals surface area contributed by atoms with Gasteiger partial charge in [0.1, 0.15) is 0 Å². The number of nitrogens with zero attached hydrogens (tertiary/aromatic N) is 2. The summed E-state index contributed by atoms with van der Waals surface area (Å²) < 4.78 is 1.20. The molecule has 1 N–H and O–H groups in total. The molecule has 1 aromatic heterocycles. The van der Waals surface area contributed by atoms with Gasteiger partial charge in [0, 0.05) is 18.5 Å². The molecule has 0 aliphatic carbocycles. The summed E-state index contributed by atoms with van der Waals surface area (Å²) in [6, 6.07) is 1.02. The highest BCUT2D eigenvalue weighted by Gasteiger charge is 2.08. The Hall–Kier alpha value is -1.50. The second kappa shape index (κ2) is 3.48. The summed E-state index contributed by atoms with van der Waals surface area (Å²) in [5.41, 5.74) is -1.40. The lowest BCUT2D eigenvalue weighted by Gasteiger charge is -2.01. The van der Waals surface area contributed by atoms with E-state index >= 15 is 0 Å². The average molecular weight is 202 g/mol. The van der Waals surface area contributed by atoms with Crippen molar-refractivity contribution in [3.8, 4) is 0 Å². The van der Waals surface area contributed by atoms with E-state index in [9.17, 15) is 14.4 Å². The molecule has 0 amide bonds. The van der Waals surface area contributed by atoms with Crippen LogP contribution in [0.1, 0.15) is 0 Å². The maximum absolute atomic E-state index is 11.2. The highest BCUT2D eigenvalue weighted by Crippen LogP contribution is 1.88. The van der Waals surface area contributed by atoms with E-state index in [2.05, 4.69) is 0 Å². The highest BCUT2D eigenvalue weighted by molar-refractivity contribution is 7.97. The van der Waals surface area contributed by atoms with Gasteiger partial charge in [-0.2, -0.15) is 0 Å². The summed E-state index contributed by atoms with van der Waals surface area (Å²) in [4.78, 5) is 32.6. The van der Waals surface area contributed by atoms with E-state index in [4.69, 9.17) is 5.11 Å². The Kier molecular flexibility index (Phi) is 2.57. The van der Waals surface area contributed by atoms with Crippen molar-refractivity contribution in [2.24, 2.45) is 0 Å². The molecule has 13 heavy (non-hydrogen) atoms. The molecule has 0 bridgehead atoms. The van der Waals surface area contributed by atoms with E-state index in [1.54, 1.807) is 0 Å². The SMILES string of the molecule is CSn1c(=O)ccn(C(=O)O)c1=O. The van der Waals surface area contributed by atoms with Crippen LogP contribution >= 0.6 is 11.9 Å². The van der Waals surface area contributed by atoms with Gasteiger partial charge in [0.25, 0.3) is 5.56 Å². The average Bonchev–Trinajstić information content (AvgIpc) is 2.04. The van der Waals surface area contributed by atoms with Gasteiger partial charge in [0.2, 0.25) is 0 Å². The fraction of sp³-hybridized carbons (Fsp3) is 0.167. The Balaban J connectivity index is 3.55. The zero-order chi connectivity index (χ0) is 10.0. The summed E-state index contributed by atoms with van der Waals surface area (Å²) in [6.07, 6.45) is 1.03. The van der Waals surface area contributed by atoms with Crippen LogP contribution in [0, 0.1) is 0 Å². The minimum atomic E-state index is -1.41. The van der Waals surface area contributed by atoms with Gasteiger partial charge in [0.15, 0.2) is 0 Å². The normalized spacial score (nSPS) is 9.92. The van der Waals surface area contributed by atoms with E-state index in [1.807, 2.05) is 0 Å². The van der Waals surface area contributed by atoms with Crippen LogP contribution < -0.4 is 11.2 Å². The van der Waals surface area contributed by atoms with Gasteiger partial charge < -0.3 is 5.11 Å². The Morgan fingerprint density at radius 2 is 2.15 bits per heavy atom. The molecule has 0 atom stereocenters. The monoisotopic (exact) mass is 202 g/mol. The van der Waals surface area contributed by atoms with Crippen LogP contribution in [0.25, 0.3) is 0 Å². The molecule has 1 aromatic rings. The highest BCUT2D eigenvalue weighted by atomic mass is 32.2. The number of carboxylic acid groups (broad SMARTS) is 1. The van der Waals surface area contributed by atoms with Crippen molar-refractivity contribution in [1.82, 2.24) is 8.54 Å². The molecule has 1 rings (SSSR count). The van der Waals surface area contributed by atoms with Crippen molar-refractivity contribution in [1.29, 1.82) is 0 Å². The van der Waals surface area contributed by atoms with Crippen LogP contribution in [0.5, 0.6) is 0 Å². The van der Waals surface area contributed by atoms with Gasteiger partial charge in [-0.05, 0) is 11.9 Å². The van der Waals surface area contributed by atoms with Crippen molar-refractivity contribution in [3.05, 3.63) is 33.1 Å². The molecular formula is C6H6N2O4S. The first-order chi connectivity index (χ1) is 6.07. The third-order valence-electron chi connectivity index (χ3n) is 1.33. The van der Waals surface area contributed by atoms with Crippen molar-refractivity contribution >= 4 is 18.0 Å². The smallest absolute Gasteiger partial charge is 0.419 e. The topological polar surface area (TPSA) is 81.3 Å². The largest absolute Gasteiger partial charge is 0.464 e. The zero-order valence-electron chi connectivity index (χ0n) is 6.63. The number of carbonyl (C=O) groups is 1. The van der Waals surface area contributed by atoms with Crippen molar-refractivity contribution in [2.75, 3.05) is 6.26 Å². The Bertz CT molecular complexity index is 447. The van der Waals surface area contributed by atoms with E-state index in [0.29, 0.717) is 4.57 Å². The first-order valence-corrected chi connectivity index (χ1v) is 4.38. The lowest BCUT2D eigenvalue weighted by Crippen LogP contribution is -2.38. The molecule has 0 spiro atoms. The summed E-state index contributed by atoms with van der Waals surface area (Å²) in [5.74, 6) is 0. The maximum Gasteiger partial charge on any atom is 0.419 e. The van der Waals surface area contributed by atoms with Gasteiger partial charge in [0.05, 0.1) is 0 Å². The number of rotatable bonds is 1. The Labute approximate surface area is 76.6 Å². The number of hydrogen-bond donors (Lipinski definition) is 1. The molecule has 0 saturated heterocycles. The van der Waals surface area contributed by atoms with Gasteiger partial charge in [-0.15, -0.1) is 0 Å². The van der Waals surface area contributed by atoms with Gasteiger partial charge in [-0.1, -0.05) is 0 Å². The standard InChI is InChI=1S/C6H6N2O4S/c1-13-8-4(9)2-3-7(5(8)10)6(11)12/h2-3H,1H3,(H,11,12). The molecular weight excluding hydrogens is 196 g/mol. The molecule has 6 nitrogen and oxygen atoms in total. The van der Waals surface area contributed by atoms with Crippen LogP contribution in [0.15, 0.2) is 21.9 Å². The minimum absolute atomic E-state index is 0.442. The molecule has 0 fully saturated rings. The van der Waals surface area contributed by atoms with Crippen LogP contribution in [0.4, 0.5) is 4.79 Å². The molecule has 0 unspecified atom stereocenters. The van der Waals surface area contributed by atoms with Gasteiger partial charge in [-0.25, -0.2) is 18.1 Å². The lowest BCUT2D eigenvalue weighted by atomic mass is 10.6. The molecule has 0 aromatic carbocycles. The van der Waals surface area contributed by atoms with E-state index in [0.717, 1.165) is 28.2 Å². The van der Waals surface area contributed by atoms with Crippen LogP contribution in [-0.4, -0.2) is 26.0 Å². The second-order valence-electron chi connectivity index (χ2n) is 2.07. The molecule has 70 valence electrons. The molecule has 7 heteroatoms. The molecule has 0 radical (unpaired) electrons. The minimum Gasteiger partial charge on any atom is -0.464 e. The zero-order valence-corrected chi connectivity index (χ0v) is 7.45. The second-order valence-corrected chi connectivity index (χ2v) is 2.80. The molecule has 0 aliphatic rings. The first kappa shape index (κ1) is 9.59. The summed E-state index contributed by atoms with van der Waals surface area (Å²) in [6.45, 7) is 0. The van der Waals surface area contributed by atoms with E-state index < -0.39 is 17.3 Å². The number of aromatic nitrogens is 2. The lowest BCUT2D eigenvalue weighted by molar-refractivity contribution is 0.194. The first-order valence-electron chi connectivity index (χ1n) is 3.20. The predicted molar refractivity (Wildman–Crippen MR) is 47.3 cm³/mol. The van der Waals surface area contributed by atoms with Crippen LogP contribution in [0.3, 0.4) is 0 Å². The number of hydrogen-bond acceptors (Lipinski definition) is 4. The van der Waals surface area contributed by atoms with Gasteiger partial charge in [-0.3, -0.25) is 4.79 Å². The van der Waals surface area contributed by atoms with Crippen molar-refractivity contribution < 1.29 is 9.90 Å². The Morgan fingerprint density at radius 1 is 1.54 bits per heavy atom. The molecule has 0 aliphatic heterocycles. The van der Waals surface area contributed by atoms with Crippen molar-refractivity contribution in [2.45, 2.75) is 0 Å². The fourth-order valence-corrected chi connectivity index (χ4v) is 1.26. The van der Waals surface area contributed by atoms with Crippen LogP contribution in [-0.2, 0) is 0 Å². The van der Waals surface area contributed by atoms with E-state index in [1.165, 1.54) is 6.26 Å². The third kappa shape index (κ3) is 1.64. The van der Waals surface area contributed by atoms with Gasteiger partial charge >= 0.3 is 11.8 Å². The third-order valence-corrected chi connectivity index (χ3v) is 2.04.